The van der Waals surface area contributed by atoms with E-state index in [0.29, 0.717) is 0 Å². The first-order chi connectivity index (χ1) is 7.55. The number of hydrogen-bond donors (Lipinski definition) is 0. The highest BCUT2D eigenvalue weighted by Crippen LogP contribution is 2.60. The first kappa shape index (κ1) is 16.3. The molecule has 94 valence electrons. The van der Waals surface area contributed by atoms with Crippen molar-refractivity contribution in [3.63, 3.8) is 0 Å². The summed E-state index contributed by atoms with van der Waals surface area (Å²) >= 11 is 2.21. The summed E-state index contributed by atoms with van der Waals surface area (Å²) < 4.78 is 36.1. The Kier molecular flexibility index (Phi) is 8.50. The van der Waals surface area contributed by atoms with Crippen LogP contribution in [0.3, 0.4) is 0 Å². The van der Waals surface area contributed by atoms with E-state index in [1.54, 1.807) is 20.1 Å². The number of hydrogen-bond acceptors (Lipinski definition) is 5. The smallest absolute Gasteiger partial charge is 0.304 e. The highest BCUT2D eigenvalue weighted by atomic mass is 32.2. The van der Waals surface area contributed by atoms with Crippen LogP contribution in [0.15, 0.2) is 21.8 Å². The molecule has 0 aromatic rings. The van der Waals surface area contributed by atoms with Gasteiger partial charge in [0.1, 0.15) is 0 Å². The minimum absolute atomic E-state index is 0.130. The van der Waals surface area contributed by atoms with Gasteiger partial charge in [-0.15, -0.1) is 11.8 Å². The Balaban J connectivity index is 5.16. The zero-order valence-electron chi connectivity index (χ0n) is 9.57. The van der Waals surface area contributed by atoms with Crippen LogP contribution < -0.4 is 0 Å². The summed E-state index contributed by atoms with van der Waals surface area (Å²) in [5, 5.41) is 1.47. The lowest BCUT2D eigenvalue weighted by Crippen LogP contribution is -1.97. The van der Waals surface area contributed by atoms with E-state index < -0.39 is 13.2 Å². The van der Waals surface area contributed by atoms with Crippen molar-refractivity contribution < 1.29 is 18.0 Å². The first-order valence-corrected chi connectivity index (χ1v) is 8.31. The van der Waals surface area contributed by atoms with E-state index in [9.17, 15) is 8.96 Å². The van der Waals surface area contributed by atoms with Crippen LogP contribution in [0, 0.1) is 0 Å². The Hall–Kier alpha value is 0.260. The quantitative estimate of drug-likeness (QED) is 0.610. The maximum atomic E-state index is 14.0. The summed E-state index contributed by atoms with van der Waals surface area (Å²) in [6.07, 6.45) is 1.69. The van der Waals surface area contributed by atoms with E-state index in [0.717, 1.165) is 23.5 Å². The molecule has 0 radical (unpaired) electrons. The largest absolute Gasteiger partial charge is 0.391 e. The van der Waals surface area contributed by atoms with Crippen LogP contribution in [0.25, 0.3) is 0 Å². The molecule has 0 N–H and O–H groups in total. The Morgan fingerprint density at radius 1 is 1.44 bits per heavy atom. The molecule has 0 rings (SSSR count). The van der Waals surface area contributed by atoms with E-state index in [-0.39, 0.29) is 17.5 Å². The van der Waals surface area contributed by atoms with Gasteiger partial charge in [0.05, 0.1) is 17.5 Å². The molecule has 0 atom stereocenters. The van der Waals surface area contributed by atoms with Crippen molar-refractivity contribution >= 4 is 31.1 Å². The van der Waals surface area contributed by atoms with Gasteiger partial charge < -0.3 is 9.05 Å². The van der Waals surface area contributed by atoms with Crippen LogP contribution in [0.5, 0.6) is 0 Å². The molecular weight excluding hydrogens is 270 g/mol. The van der Waals surface area contributed by atoms with Gasteiger partial charge in [-0.05, 0) is 25.5 Å². The SMILES string of the molecule is C=CS/C(SC)=C(/F)P(=O)(OCC)OCC. The average Bonchev–Trinajstić information content (AvgIpc) is 2.25. The van der Waals surface area contributed by atoms with Gasteiger partial charge in [-0.1, -0.05) is 18.3 Å². The summed E-state index contributed by atoms with van der Waals surface area (Å²) in [6.45, 7) is 7.02. The fourth-order valence-corrected chi connectivity index (χ4v) is 4.17. The van der Waals surface area contributed by atoms with Crippen LogP contribution in [-0.2, 0) is 13.6 Å². The molecule has 0 aromatic carbocycles. The Morgan fingerprint density at radius 3 is 2.25 bits per heavy atom. The molecule has 0 saturated heterocycles. The van der Waals surface area contributed by atoms with Crippen molar-refractivity contribution in [3.05, 3.63) is 21.8 Å². The molecular formula is C9H16FO3PS2. The van der Waals surface area contributed by atoms with Crippen molar-refractivity contribution in [2.75, 3.05) is 19.5 Å². The molecule has 0 aliphatic carbocycles. The van der Waals surface area contributed by atoms with Crippen molar-refractivity contribution in [1.82, 2.24) is 0 Å². The van der Waals surface area contributed by atoms with Crippen LogP contribution in [0.2, 0.25) is 0 Å². The van der Waals surface area contributed by atoms with Crippen molar-refractivity contribution in [2.45, 2.75) is 13.8 Å². The number of thioether (sulfide) groups is 2. The highest BCUT2D eigenvalue weighted by Gasteiger charge is 2.33. The maximum absolute atomic E-state index is 14.0. The standard InChI is InChI=1S/C9H16FO3PS2/c1-5-12-14(11,13-6-2)8(10)9(15-4)16-7-3/h7H,3,5-6H2,1-2,4H3/b9-8-. The van der Waals surface area contributed by atoms with Crippen molar-refractivity contribution in [2.24, 2.45) is 0 Å². The van der Waals surface area contributed by atoms with Crippen molar-refractivity contribution in [3.8, 4) is 0 Å². The van der Waals surface area contributed by atoms with Gasteiger partial charge in [-0.2, -0.15) is 4.39 Å². The fraction of sp³-hybridized carbons (Fsp3) is 0.556. The minimum atomic E-state index is -3.79. The molecule has 3 nitrogen and oxygen atoms in total. The van der Waals surface area contributed by atoms with Gasteiger partial charge in [0.2, 0.25) is 5.57 Å². The van der Waals surface area contributed by atoms with Gasteiger partial charge in [0.15, 0.2) is 0 Å². The summed E-state index contributed by atoms with van der Waals surface area (Å²) in [5.41, 5.74) is -0.839. The molecule has 7 heteroatoms. The molecule has 0 amide bonds. The molecule has 0 fully saturated rings. The Morgan fingerprint density at radius 2 is 1.94 bits per heavy atom. The molecule has 0 aliphatic rings. The lowest BCUT2D eigenvalue weighted by molar-refractivity contribution is 0.220. The molecule has 0 bridgehead atoms. The number of rotatable bonds is 8. The van der Waals surface area contributed by atoms with Crippen LogP contribution in [0.1, 0.15) is 13.8 Å². The normalized spacial score (nSPS) is 13.5. The second-order valence-electron chi connectivity index (χ2n) is 2.40. The lowest BCUT2D eigenvalue weighted by atomic mass is 10.9. The predicted molar refractivity (Wildman–Crippen MR) is 70.3 cm³/mol. The fourth-order valence-electron chi connectivity index (χ4n) is 0.859. The highest BCUT2D eigenvalue weighted by molar-refractivity contribution is 8.23. The van der Waals surface area contributed by atoms with E-state index >= 15 is 0 Å². The molecule has 0 spiro atoms. The van der Waals surface area contributed by atoms with Crippen LogP contribution in [-0.4, -0.2) is 19.5 Å². The van der Waals surface area contributed by atoms with Gasteiger partial charge in [-0.3, -0.25) is 4.57 Å². The molecule has 0 aromatic heterocycles. The third-order valence-corrected chi connectivity index (χ3v) is 5.48. The van der Waals surface area contributed by atoms with Gasteiger partial charge >= 0.3 is 7.60 Å². The number of halogens is 1. The topological polar surface area (TPSA) is 35.5 Å². The zero-order chi connectivity index (χ0) is 12.6. The summed E-state index contributed by atoms with van der Waals surface area (Å²) in [5.74, 6) is 0. The summed E-state index contributed by atoms with van der Waals surface area (Å²) in [6, 6.07) is 0. The zero-order valence-corrected chi connectivity index (χ0v) is 12.1. The molecule has 0 aliphatic heterocycles. The first-order valence-electron chi connectivity index (χ1n) is 4.66. The van der Waals surface area contributed by atoms with Crippen LogP contribution >= 0.6 is 31.1 Å². The molecule has 0 saturated carbocycles. The minimum Gasteiger partial charge on any atom is -0.304 e. The monoisotopic (exact) mass is 286 g/mol. The molecule has 0 heterocycles. The van der Waals surface area contributed by atoms with Gasteiger partial charge in [-0.25, -0.2) is 0 Å². The maximum Gasteiger partial charge on any atom is 0.391 e. The van der Waals surface area contributed by atoms with Gasteiger partial charge in [0, 0.05) is 0 Å². The lowest BCUT2D eigenvalue weighted by Gasteiger charge is -2.16. The molecule has 0 unspecified atom stereocenters. The predicted octanol–water partition coefficient (Wildman–Crippen LogP) is 4.59. The third-order valence-electron chi connectivity index (χ3n) is 1.38. The second kappa shape index (κ2) is 8.37. The van der Waals surface area contributed by atoms with Gasteiger partial charge in [0.25, 0.3) is 0 Å². The van der Waals surface area contributed by atoms with E-state index in [1.165, 1.54) is 5.41 Å². The van der Waals surface area contributed by atoms with E-state index in [2.05, 4.69) is 6.58 Å². The van der Waals surface area contributed by atoms with E-state index in [1.807, 2.05) is 0 Å². The van der Waals surface area contributed by atoms with E-state index in [4.69, 9.17) is 9.05 Å². The second-order valence-corrected chi connectivity index (χ2v) is 6.36. The Labute approximate surface area is 104 Å². The summed E-state index contributed by atoms with van der Waals surface area (Å²) in [4.78, 5) is 0. The molecule has 16 heavy (non-hydrogen) atoms. The van der Waals surface area contributed by atoms with Crippen LogP contribution in [0.4, 0.5) is 4.39 Å². The average molecular weight is 286 g/mol. The third kappa shape index (κ3) is 4.63. The van der Waals surface area contributed by atoms with Crippen molar-refractivity contribution in [1.29, 1.82) is 0 Å². The Bertz CT molecular complexity index is 297. The summed E-state index contributed by atoms with van der Waals surface area (Å²) in [7, 11) is -3.79.